The van der Waals surface area contributed by atoms with Crippen molar-refractivity contribution in [2.24, 2.45) is 0 Å². The summed E-state index contributed by atoms with van der Waals surface area (Å²) in [6, 6.07) is 20.5. The van der Waals surface area contributed by atoms with Crippen LogP contribution in [-0.4, -0.2) is 20.0 Å². The SMILES string of the molecule is COc1ccc(C(=O)c2c(-c3ccc(OC)cc3)oc3ccc(C)cc23)cc1. The molecule has 4 rings (SSSR count). The van der Waals surface area contributed by atoms with Crippen LogP contribution in [0.5, 0.6) is 11.5 Å². The molecule has 4 nitrogen and oxygen atoms in total. The molecular formula is C24H20O4. The third kappa shape index (κ3) is 3.14. The van der Waals surface area contributed by atoms with Gasteiger partial charge >= 0.3 is 0 Å². The van der Waals surface area contributed by atoms with Crippen molar-refractivity contribution in [3.8, 4) is 22.8 Å². The second kappa shape index (κ2) is 7.24. The Morgan fingerprint density at radius 1 is 0.821 bits per heavy atom. The molecule has 4 heteroatoms. The molecule has 0 atom stereocenters. The topological polar surface area (TPSA) is 48.7 Å². The number of hydrogen-bond acceptors (Lipinski definition) is 4. The molecule has 0 radical (unpaired) electrons. The molecule has 0 aliphatic rings. The highest BCUT2D eigenvalue weighted by Crippen LogP contribution is 2.36. The number of carbonyl (C=O) groups is 1. The van der Waals surface area contributed by atoms with Gasteiger partial charge < -0.3 is 13.9 Å². The number of ketones is 1. The van der Waals surface area contributed by atoms with Gasteiger partial charge in [0.2, 0.25) is 0 Å². The summed E-state index contributed by atoms with van der Waals surface area (Å²) in [5, 5.41) is 0.812. The highest BCUT2D eigenvalue weighted by molar-refractivity contribution is 6.19. The van der Waals surface area contributed by atoms with Crippen molar-refractivity contribution < 1.29 is 18.7 Å². The fourth-order valence-corrected chi connectivity index (χ4v) is 3.27. The maximum Gasteiger partial charge on any atom is 0.197 e. The number of benzene rings is 3. The van der Waals surface area contributed by atoms with E-state index in [1.165, 1.54) is 0 Å². The van der Waals surface area contributed by atoms with Crippen molar-refractivity contribution in [2.45, 2.75) is 6.92 Å². The molecule has 0 amide bonds. The normalized spacial score (nSPS) is 10.8. The van der Waals surface area contributed by atoms with Gasteiger partial charge in [0.15, 0.2) is 5.78 Å². The Morgan fingerprint density at radius 2 is 1.43 bits per heavy atom. The van der Waals surface area contributed by atoms with Crippen LogP contribution in [0.15, 0.2) is 71.1 Å². The van der Waals surface area contributed by atoms with Crippen molar-refractivity contribution in [3.63, 3.8) is 0 Å². The van der Waals surface area contributed by atoms with Crippen LogP contribution in [0.4, 0.5) is 0 Å². The molecule has 28 heavy (non-hydrogen) atoms. The maximum absolute atomic E-state index is 13.4. The Kier molecular flexibility index (Phi) is 4.62. The molecule has 140 valence electrons. The number of rotatable bonds is 5. The summed E-state index contributed by atoms with van der Waals surface area (Å²) >= 11 is 0. The van der Waals surface area contributed by atoms with Gasteiger partial charge in [-0.2, -0.15) is 0 Å². The highest BCUT2D eigenvalue weighted by Gasteiger charge is 2.23. The second-order valence-corrected chi connectivity index (χ2v) is 6.59. The molecule has 0 unspecified atom stereocenters. The van der Waals surface area contributed by atoms with Gasteiger partial charge in [-0.05, 0) is 67.6 Å². The van der Waals surface area contributed by atoms with Gasteiger partial charge in [-0.3, -0.25) is 4.79 Å². The smallest absolute Gasteiger partial charge is 0.197 e. The molecule has 3 aromatic carbocycles. The Hall–Kier alpha value is -3.53. The number of carbonyl (C=O) groups excluding carboxylic acids is 1. The molecule has 1 aromatic heterocycles. The molecular weight excluding hydrogens is 352 g/mol. The molecule has 0 saturated carbocycles. The summed E-state index contributed by atoms with van der Waals surface area (Å²) < 4.78 is 16.6. The lowest BCUT2D eigenvalue weighted by atomic mass is 9.96. The van der Waals surface area contributed by atoms with Gasteiger partial charge in [-0.25, -0.2) is 0 Å². The predicted molar refractivity (Wildman–Crippen MR) is 109 cm³/mol. The lowest BCUT2D eigenvalue weighted by Gasteiger charge is -2.06. The van der Waals surface area contributed by atoms with Crippen LogP contribution in [0.1, 0.15) is 21.5 Å². The Balaban J connectivity index is 1.90. The van der Waals surface area contributed by atoms with Gasteiger partial charge in [0, 0.05) is 16.5 Å². The fourth-order valence-electron chi connectivity index (χ4n) is 3.27. The molecule has 0 bridgehead atoms. The van der Waals surface area contributed by atoms with E-state index in [1.807, 2.05) is 49.4 Å². The number of ether oxygens (including phenoxy) is 2. The molecule has 0 aliphatic heterocycles. The van der Waals surface area contributed by atoms with E-state index in [2.05, 4.69) is 0 Å². The summed E-state index contributed by atoms with van der Waals surface area (Å²) in [6.07, 6.45) is 0. The monoisotopic (exact) mass is 372 g/mol. The van der Waals surface area contributed by atoms with E-state index in [9.17, 15) is 4.79 Å². The zero-order valence-electron chi connectivity index (χ0n) is 16.0. The lowest BCUT2D eigenvalue weighted by Crippen LogP contribution is -2.02. The Bertz CT molecular complexity index is 1140. The van der Waals surface area contributed by atoms with Crippen molar-refractivity contribution in [1.29, 1.82) is 0 Å². The van der Waals surface area contributed by atoms with E-state index in [4.69, 9.17) is 13.9 Å². The average molecular weight is 372 g/mol. The van der Waals surface area contributed by atoms with Crippen molar-refractivity contribution >= 4 is 16.8 Å². The number of fused-ring (bicyclic) bond motifs is 1. The Morgan fingerprint density at radius 3 is 2.04 bits per heavy atom. The van der Waals surface area contributed by atoms with Crippen LogP contribution >= 0.6 is 0 Å². The first-order chi connectivity index (χ1) is 13.6. The van der Waals surface area contributed by atoms with E-state index >= 15 is 0 Å². The van der Waals surface area contributed by atoms with Crippen molar-refractivity contribution in [1.82, 2.24) is 0 Å². The summed E-state index contributed by atoms with van der Waals surface area (Å²) in [6.45, 7) is 2.00. The fraction of sp³-hybridized carbons (Fsp3) is 0.125. The van der Waals surface area contributed by atoms with Gasteiger partial charge in [0.05, 0.1) is 19.8 Å². The zero-order valence-corrected chi connectivity index (χ0v) is 16.0. The number of furan rings is 1. The minimum Gasteiger partial charge on any atom is -0.497 e. The second-order valence-electron chi connectivity index (χ2n) is 6.59. The van der Waals surface area contributed by atoms with E-state index in [0.717, 1.165) is 22.3 Å². The summed E-state index contributed by atoms with van der Waals surface area (Å²) in [7, 11) is 3.22. The first kappa shape index (κ1) is 17.9. The third-order valence-electron chi connectivity index (χ3n) is 4.77. The first-order valence-corrected chi connectivity index (χ1v) is 8.97. The van der Waals surface area contributed by atoms with Crippen LogP contribution in [0.2, 0.25) is 0 Å². The van der Waals surface area contributed by atoms with Gasteiger partial charge in [0.1, 0.15) is 22.8 Å². The Labute approximate surface area is 163 Å². The van der Waals surface area contributed by atoms with Crippen LogP contribution in [0, 0.1) is 6.92 Å². The molecule has 0 spiro atoms. The molecule has 0 aliphatic carbocycles. The van der Waals surface area contributed by atoms with E-state index < -0.39 is 0 Å². The maximum atomic E-state index is 13.4. The number of aryl methyl sites for hydroxylation is 1. The van der Waals surface area contributed by atoms with E-state index in [0.29, 0.717) is 28.2 Å². The largest absolute Gasteiger partial charge is 0.497 e. The molecule has 0 fully saturated rings. The molecule has 4 aromatic rings. The summed E-state index contributed by atoms with van der Waals surface area (Å²) in [4.78, 5) is 13.4. The molecule has 0 saturated heterocycles. The molecule has 1 heterocycles. The van der Waals surface area contributed by atoms with E-state index in [1.54, 1.807) is 38.5 Å². The van der Waals surface area contributed by atoms with Crippen LogP contribution in [-0.2, 0) is 0 Å². The van der Waals surface area contributed by atoms with Gasteiger partial charge in [-0.1, -0.05) is 11.6 Å². The minimum atomic E-state index is -0.0854. The van der Waals surface area contributed by atoms with E-state index in [-0.39, 0.29) is 5.78 Å². The summed E-state index contributed by atoms with van der Waals surface area (Å²) in [5.74, 6) is 1.93. The quantitative estimate of drug-likeness (QED) is 0.424. The molecule has 0 N–H and O–H groups in total. The van der Waals surface area contributed by atoms with Crippen LogP contribution in [0.25, 0.3) is 22.3 Å². The van der Waals surface area contributed by atoms with Crippen LogP contribution in [0.3, 0.4) is 0 Å². The predicted octanol–water partition coefficient (Wildman–Crippen LogP) is 5.66. The summed E-state index contributed by atoms with van der Waals surface area (Å²) in [5.41, 5.74) is 3.73. The lowest BCUT2D eigenvalue weighted by molar-refractivity contribution is 0.104. The minimum absolute atomic E-state index is 0.0854. The third-order valence-corrected chi connectivity index (χ3v) is 4.77. The van der Waals surface area contributed by atoms with Crippen LogP contribution < -0.4 is 9.47 Å². The van der Waals surface area contributed by atoms with Gasteiger partial charge in [0.25, 0.3) is 0 Å². The number of hydrogen-bond donors (Lipinski definition) is 0. The average Bonchev–Trinajstić information content (AvgIpc) is 3.12. The first-order valence-electron chi connectivity index (χ1n) is 8.97. The number of methoxy groups -OCH3 is 2. The standard InChI is InChI=1S/C24H20O4/c1-15-4-13-21-20(14-15)22(23(25)16-5-9-18(26-2)10-6-16)24(28-21)17-7-11-19(27-3)12-8-17/h4-14H,1-3H3. The van der Waals surface area contributed by atoms with Crippen molar-refractivity contribution in [3.05, 3.63) is 83.4 Å². The van der Waals surface area contributed by atoms with Gasteiger partial charge in [-0.15, -0.1) is 0 Å². The highest BCUT2D eigenvalue weighted by atomic mass is 16.5. The van der Waals surface area contributed by atoms with Crippen molar-refractivity contribution in [2.75, 3.05) is 14.2 Å². The zero-order chi connectivity index (χ0) is 19.7.